The second kappa shape index (κ2) is 9.11. The Morgan fingerprint density at radius 1 is 1.28 bits per heavy atom. The smallest absolute Gasteiger partial charge is 0.234 e. The van der Waals surface area contributed by atoms with Gasteiger partial charge >= 0.3 is 0 Å². The lowest BCUT2D eigenvalue weighted by molar-refractivity contribution is -0.122. The van der Waals surface area contributed by atoms with Crippen molar-refractivity contribution in [2.75, 3.05) is 26.7 Å². The van der Waals surface area contributed by atoms with Gasteiger partial charge in [0.25, 0.3) is 0 Å². The van der Waals surface area contributed by atoms with E-state index < -0.39 is 0 Å². The molecule has 0 spiro atoms. The number of amides is 1. The van der Waals surface area contributed by atoms with Gasteiger partial charge in [0.05, 0.1) is 28.9 Å². The SMILES string of the molecule is COc1ccccc1CNC(=O)CN1CCC(c2nc3cc(Cl)ccc3s2)CC1. The van der Waals surface area contributed by atoms with Crippen molar-refractivity contribution < 1.29 is 9.53 Å². The van der Waals surface area contributed by atoms with E-state index >= 15 is 0 Å². The molecule has 1 fully saturated rings. The Balaban J connectivity index is 1.27. The second-order valence-corrected chi connectivity index (χ2v) is 8.80. The molecule has 152 valence electrons. The van der Waals surface area contributed by atoms with Crippen LogP contribution < -0.4 is 10.1 Å². The Morgan fingerprint density at radius 3 is 2.86 bits per heavy atom. The Kier molecular flexibility index (Phi) is 6.33. The summed E-state index contributed by atoms with van der Waals surface area (Å²) in [7, 11) is 1.64. The van der Waals surface area contributed by atoms with Crippen molar-refractivity contribution in [3.63, 3.8) is 0 Å². The standard InChI is InChI=1S/C22H24ClN3O2S/c1-28-19-5-3-2-4-16(19)13-24-21(27)14-26-10-8-15(9-11-26)22-25-18-12-17(23)6-7-20(18)29-22/h2-7,12,15H,8-11,13-14H2,1H3,(H,24,27). The highest BCUT2D eigenvalue weighted by Gasteiger charge is 2.24. The Labute approximate surface area is 179 Å². The summed E-state index contributed by atoms with van der Waals surface area (Å²) >= 11 is 7.83. The number of hydrogen-bond donors (Lipinski definition) is 1. The zero-order valence-electron chi connectivity index (χ0n) is 16.4. The molecule has 0 aliphatic carbocycles. The van der Waals surface area contributed by atoms with Crippen molar-refractivity contribution in [3.8, 4) is 5.75 Å². The molecule has 0 unspecified atom stereocenters. The number of methoxy groups -OCH3 is 1. The number of ether oxygens (including phenoxy) is 1. The molecule has 1 aromatic heterocycles. The van der Waals surface area contributed by atoms with Crippen molar-refractivity contribution in [2.24, 2.45) is 0 Å². The van der Waals surface area contributed by atoms with Crippen LogP contribution in [0.3, 0.4) is 0 Å². The first kappa shape index (κ1) is 20.1. The van der Waals surface area contributed by atoms with Gasteiger partial charge < -0.3 is 10.1 Å². The summed E-state index contributed by atoms with van der Waals surface area (Å²) in [6.07, 6.45) is 2.04. The highest BCUT2D eigenvalue weighted by atomic mass is 35.5. The molecule has 2 heterocycles. The number of benzene rings is 2. The average Bonchev–Trinajstić information content (AvgIpc) is 3.16. The summed E-state index contributed by atoms with van der Waals surface area (Å²) in [5.74, 6) is 1.30. The van der Waals surface area contributed by atoms with Crippen LogP contribution in [0.5, 0.6) is 5.75 Å². The number of nitrogens with zero attached hydrogens (tertiary/aromatic N) is 2. The lowest BCUT2D eigenvalue weighted by Crippen LogP contribution is -2.41. The third-order valence-electron chi connectivity index (χ3n) is 5.34. The fourth-order valence-electron chi connectivity index (χ4n) is 3.73. The maximum atomic E-state index is 12.4. The minimum atomic E-state index is 0.0454. The van der Waals surface area contributed by atoms with Crippen LogP contribution in [0.15, 0.2) is 42.5 Å². The van der Waals surface area contributed by atoms with Crippen molar-refractivity contribution in [3.05, 3.63) is 58.1 Å². The van der Waals surface area contributed by atoms with Gasteiger partial charge in [-0.1, -0.05) is 29.8 Å². The molecule has 1 N–H and O–H groups in total. The van der Waals surface area contributed by atoms with Crippen molar-refractivity contribution in [2.45, 2.75) is 25.3 Å². The van der Waals surface area contributed by atoms with Crippen LogP contribution in [0.4, 0.5) is 0 Å². The minimum absolute atomic E-state index is 0.0454. The fraction of sp³-hybridized carbons (Fsp3) is 0.364. The molecule has 1 aliphatic rings. The number of nitrogens with one attached hydrogen (secondary N) is 1. The van der Waals surface area contributed by atoms with Crippen LogP contribution in [0.2, 0.25) is 5.02 Å². The van der Waals surface area contributed by atoms with E-state index in [2.05, 4.69) is 10.2 Å². The summed E-state index contributed by atoms with van der Waals surface area (Å²) in [4.78, 5) is 19.4. The van der Waals surface area contributed by atoms with Crippen molar-refractivity contribution in [1.82, 2.24) is 15.2 Å². The van der Waals surface area contributed by atoms with E-state index in [1.54, 1.807) is 18.4 Å². The molecule has 1 amide bonds. The molecule has 0 atom stereocenters. The van der Waals surface area contributed by atoms with Gasteiger partial charge in [0, 0.05) is 23.0 Å². The zero-order chi connectivity index (χ0) is 20.2. The molecule has 7 heteroatoms. The first-order valence-electron chi connectivity index (χ1n) is 9.79. The van der Waals surface area contributed by atoms with Gasteiger partial charge in [-0.2, -0.15) is 0 Å². The molecule has 3 aromatic rings. The number of piperidine rings is 1. The van der Waals surface area contributed by atoms with Crippen LogP contribution in [0.1, 0.15) is 29.3 Å². The van der Waals surface area contributed by atoms with Crippen LogP contribution in [-0.2, 0) is 11.3 Å². The lowest BCUT2D eigenvalue weighted by atomic mass is 9.97. The fourth-order valence-corrected chi connectivity index (χ4v) is 5.02. The monoisotopic (exact) mass is 429 g/mol. The van der Waals surface area contributed by atoms with Crippen molar-refractivity contribution >= 4 is 39.1 Å². The topological polar surface area (TPSA) is 54.5 Å². The summed E-state index contributed by atoms with van der Waals surface area (Å²) in [5.41, 5.74) is 1.97. The zero-order valence-corrected chi connectivity index (χ0v) is 17.9. The van der Waals surface area contributed by atoms with Crippen molar-refractivity contribution in [1.29, 1.82) is 0 Å². The van der Waals surface area contributed by atoms with E-state index in [1.165, 1.54) is 9.71 Å². The van der Waals surface area contributed by atoms with E-state index in [1.807, 2.05) is 42.5 Å². The second-order valence-electron chi connectivity index (χ2n) is 7.30. The Morgan fingerprint density at radius 2 is 2.07 bits per heavy atom. The molecule has 5 nitrogen and oxygen atoms in total. The number of carbonyl (C=O) groups is 1. The average molecular weight is 430 g/mol. The number of fused-ring (bicyclic) bond motifs is 1. The maximum absolute atomic E-state index is 12.4. The van der Waals surface area contributed by atoms with Gasteiger partial charge in [-0.15, -0.1) is 11.3 Å². The number of thiazole rings is 1. The first-order chi connectivity index (χ1) is 14.1. The van der Waals surface area contributed by atoms with Gasteiger partial charge in [0.1, 0.15) is 5.75 Å². The van der Waals surface area contributed by atoms with Gasteiger partial charge in [-0.25, -0.2) is 4.98 Å². The van der Waals surface area contributed by atoms with Crippen LogP contribution in [0.25, 0.3) is 10.2 Å². The predicted octanol–water partition coefficient (Wildman–Crippen LogP) is 4.45. The minimum Gasteiger partial charge on any atom is -0.496 e. The van der Waals surface area contributed by atoms with E-state index in [0.29, 0.717) is 19.0 Å². The number of para-hydroxylation sites is 1. The molecule has 2 aromatic carbocycles. The van der Waals surface area contributed by atoms with Crippen LogP contribution >= 0.6 is 22.9 Å². The predicted molar refractivity (Wildman–Crippen MR) is 118 cm³/mol. The summed E-state index contributed by atoms with van der Waals surface area (Å²) in [6, 6.07) is 13.6. The molecular weight excluding hydrogens is 406 g/mol. The third kappa shape index (κ3) is 4.89. The summed E-state index contributed by atoms with van der Waals surface area (Å²) < 4.78 is 6.52. The molecule has 4 rings (SSSR count). The van der Waals surface area contributed by atoms with Gasteiger partial charge in [0.2, 0.25) is 5.91 Å². The largest absolute Gasteiger partial charge is 0.496 e. The van der Waals surface area contributed by atoms with E-state index in [0.717, 1.165) is 47.8 Å². The van der Waals surface area contributed by atoms with E-state index in [-0.39, 0.29) is 5.91 Å². The Hall–Kier alpha value is -2.15. The first-order valence-corrected chi connectivity index (χ1v) is 11.0. The summed E-state index contributed by atoms with van der Waals surface area (Å²) in [6.45, 7) is 2.72. The number of rotatable bonds is 6. The molecule has 1 saturated heterocycles. The van der Waals surface area contributed by atoms with Crippen LogP contribution in [-0.4, -0.2) is 42.5 Å². The molecule has 0 saturated carbocycles. The molecule has 0 radical (unpaired) electrons. The highest BCUT2D eigenvalue weighted by Crippen LogP contribution is 2.34. The molecular formula is C22H24ClN3O2S. The van der Waals surface area contributed by atoms with Gasteiger partial charge in [0.15, 0.2) is 0 Å². The number of halogens is 1. The maximum Gasteiger partial charge on any atom is 0.234 e. The molecule has 29 heavy (non-hydrogen) atoms. The van der Waals surface area contributed by atoms with E-state index in [9.17, 15) is 4.79 Å². The number of carbonyl (C=O) groups excluding carboxylic acids is 1. The van der Waals surface area contributed by atoms with Gasteiger partial charge in [-0.05, 0) is 50.2 Å². The number of aromatic nitrogens is 1. The molecule has 1 aliphatic heterocycles. The lowest BCUT2D eigenvalue weighted by Gasteiger charge is -2.30. The third-order valence-corrected chi connectivity index (χ3v) is 6.77. The normalized spacial score (nSPS) is 15.5. The Bertz CT molecular complexity index is 999. The molecule has 0 bridgehead atoms. The summed E-state index contributed by atoms with van der Waals surface area (Å²) in [5, 5.41) is 4.91. The van der Waals surface area contributed by atoms with Crippen LogP contribution in [0, 0.1) is 0 Å². The number of hydrogen-bond acceptors (Lipinski definition) is 5. The quantitative estimate of drug-likeness (QED) is 0.628. The highest BCUT2D eigenvalue weighted by molar-refractivity contribution is 7.18. The van der Waals surface area contributed by atoms with Gasteiger partial charge in [-0.3, -0.25) is 9.69 Å². The van der Waals surface area contributed by atoms with E-state index in [4.69, 9.17) is 21.3 Å². The number of likely N-dealkylation sites (tertiary alicyclic amines) is 1.